The van der Waals surface area contributed by atoms with Crippen LogP contribution in [-0.2, 0) is 4.79 Å². The van der Waals surface area contributed by atoms with E-state index in [1.165, 1.54) is 0 Å². The molecule has 3 rings (SSSR count). The summed E-state index contributed by atoms with van der Waals surface area (Å²) in [6.45, 7) is 12.5. The van der Waals surface area contributed by atoms with Crippen molar-refractivity contribution in [3.63, 3.8) is 0 Å². The molecule has 1 aliphatic heterocycles. The Kier molecular flexibility index (Phi) is 2.65. The highest BCUT2D eigenvalue weighted by atomic mass is 16.2. The van der Waals surface area contributed by atoms with Crippen LogP contribution in [0.25, 0.3) is 0 Å². The largest absolute Gasteiger partial charge is 0.325 e. The summed E-state index contributed by atoms with van der Waals surface area (Å²) in [6, 6.07) is 0. The number of carbonyl (C=O) groups excluding carboxylic acids is 1. The zero-order valence-corrected chi connectivity index (χ0v) is 13.0. The van der Waals surface area contributed by atoms with Gasteiger partial charge in [0.1, 0.15) is 0 Å². The molecular weight excluding hydrogens is 236 g/mol. The van der Waals surface area contributed by atoms with Crippen molar-refractivity contribution in [3.05, 3.63) is 0 Å². The van der Waals surface area contributed by atoms with Crippen LogP contribution in [0.1, 0.15) is 60.3 Å². The third kappa shape index (κ3) is 1.70. The van der Waals surface area contributed by atoms with Crippen molar-refractivity contribution in [3.8, 4) is 0 Å². The summed E-state index contributed by atoms with van der Waals surface area (Å²) in [5.41, 5.74) is 0.579. The van der Waals surface area contributed by atoms with Crippen molar-refractivity contribution >= 4 is 5.91 Å². The van der Waals surface area contributed by atoms with E-state index in [0.717, 1.165) is 32.2 Å². The summed E-state index contributed by atoms with van der Waals surface area (Å²) in [4.78, 5) is 14.8. The molecule has 3 heteroatoms. The standard InChI is InChI=1S/C16H28N2O/c1-6-7-12-17-16(8-9-16)13(19)18(12)10-11-14(2,3)15(11,4)5/h11-12,17H,6-10H2,1-5H3. The Labute approximate surface area is 117 Å². The Morgan fingerprint density at radius 2 is 1.79 bits per heavy atom. The van der Waals surface area contributed by atoms with Gasteiger partial charge in [0.2, 0.25) is 5.91 Å². The highest BCUT2D eigenvalue weighted by Gasteiger charge is 2.67. The van der Waals surface area contributed by atoms with E-state index in [1.807, 2.05) is 0 Å². The van der Waals surface area contributed by atoms with Gasteiger partial charge in [0.25, 0.3) is 0 Å². The molecule has 3 fully saturated rings. The Balaban J connectivity index is 1.74. The van der Waals surface area contributed by atoms with E-state index in [0.29, 0.717) is 22.7 Å². The molecule has 1 heterocycles. The topological polar surface area (TPSA) is 32.3 Å². The average molecular weight is 264 g/mol. The van der Waals surface area contributed by atoms with Gasteiger partial charge in [0.15, 0.2) is 0 Å². The summed E-state index contributed by atoms with van der Waals surface area (Å²) >= 11 is 0. The second-order valence-corrected chi connectivity index (χ2v) is 7.98. The van der Waals surface area contributed by atoms with E-state index < -0.39 is 0 Å². The van der Waals surface area contributed by atoms with E-state index in [9.17, 15) is 4.79 Å². The summed E-state index contributed by atoms with van der Waals surface area (Å²) in [7, 11) is 0. The third-order valence-corrected chi connectivity index (χ3v) is 6.50. The van der Waals surface area contributed by atoms with Crippen molar-refractivity contribution in [2.45, 2.75) is 72.0 Å². The van der Waals surface area contributed by atoms with Gasteiger partial charge in [0.05, 0.1) is 11.7 Å². The van der Waals surface area contributed by atoms with E-state index >= 15 is 0 Å². The van der Waals surface area contributed by atoms with Gasteiger partial charge >= 0.3 is 0 Å². The molecule has 2 saturated carbocycles. The van der Waals surface area contributed by atoms with Crippen LogP contribution >= 0.6 is 0 Å². The minimum absolute atomic E-state index is 0.150. The van der Waals surface area contributed by atoms with Crippen LogP contribution in [0, 0.1) is 16.7 Å². The second-order valence-electron chi connectivity index (χ2n) is 7.98. The minimum atomic E-state index is -0.150. The van der Waals surface area contributed by atoms with E-state index in [1.54, 1.807) is 0 Å². The molecule has 0 aromatic rings. The normalized spacial score (nSPS) is 34.1. The van der Waals surface area contributed by atoms with Gasteiger partial charge in [-0.05, 0) is 36.0 Å². The van der Waals surface area contributed by atoms with Gasteiger partial charge < -0.3 is 4.90 Å². The number of hydrogen-bond donors (Lipinski definition) is 1. The van der Waals surface area contributed by atoms with Crippen LogP contribution < -0.4 is 5.32 Å². The molecule has 1 atom stereocenters. The van der Waals surface area contributed by atoms with Crippen molar-refractivity contribution in [2.24, 2.45) is 16.7 Å². The maximum atomic E-state index is 12.6. The fourth-order valence-corrected chi connectivity index (χ4v) is 4.06. The first-order valence-corrected chi connectivity index (χ1v) is 7.85. The first kappa shape index (κ1) is 13.4. The molecule has 108 valence electrons. The maximum Gasteiger partial charge on any atom is 0.244 e. The molecule has 1 unspecified atom stereocenters. The Morgan fingerprint density at radius 1 is 1.21 bits per heavy atom. The predicted molar refractivity (Wildman–Crippen MR) is 76.6 cm³/mol. The molecule has 3 aliphatic rings. The smallest absolute Gasteiger partial charge is 0.244 e. The van der Waals surface area contributed by atoms with Crippen molar-refractivity contribution < 1.29 is 4.79 Å². The van der Waals surface area contributed by atoms with E-state index in [4.69, 9.17) is 0 Å². The Morgan fingerprint density at radius 3 is 2.21 bits per heavy atom. The fourth-order valence-electron chi connectivity index (χ4n) is 4.06. The molecule has 2 aliphatic carbocycles. The lowest BCUT2D eigenvalue weighted by Gasteiger charge is -2.25. The van der Waals surface area contributed by atoms with Crippen LogP contribution in [0.5, 0.6) is 0 Å². The molecular formula is C16H28N2O. The number of amides is 1. The molecule has 0 aromatic carbocycles. The first-order valence-electron chi connectivity index (χ1n) is 7.85. The van der Waals surface area contributed by atoms with Crippen molar-refractivity contribution in [1.29, 1.82) is 0 Å². The Bertz CT molecular complexity index is 395. The zero-order chi connectivity index (χ0) is 14.1. The lowest BCUT2D eigenvalue weighted by atomic mass is 10.0. The summed E-state index contributed by atoms with van der Waals surface area (Å²) < 4.78 is 0. The van der Waals surface area contributed by atoms with Gasteiger partial charge in [-0.3, -0.25) is 10.1 Å². The maximum absolute atomic E-state index is 12.6. The third-order valence-electron chi connectivity index (χ3n) is 6.50. The molecule has 19 heavy (non-hydrogen) atoms. The quantitative estimate of drug-likeness (QED) is 0.847. The lowest BCUT2D eigenvalue weighted by molar-refractivity contribution is -0.131. The summed E-state index contributed by atoms with van der Waals surface area (Å²) in [5, 5.41) is 3.61. The highest BCUT2D eigenvalue weighted by Crippen LogP contribution is 2.68. The molecule has 0 bridgehead atoms. The summed E-state index contributed by atoms with van der Waals surface area (Å²) in [6.07, 6.45) is 4.59. The van der Waals surface area contributed by atoms with E-state index in [2.05, 4.69) is 44.8 Å². The number of carbonyl (C=O) groups is 1. The molecule has 0 aromatic heterocycles. The predicted octanol–water partition coefficient (Wildman–Crippen LogP) is 2.76. The number of hydrogen-bond acceptors (Lipinski definition) is 2. The molecule has 1 N–H and O–H groups in total. The molecule has 0 radical (unpaired) electrons. The molecule has 1 spiro atoms. The van der Waals surface area contributed by atoms with Crippen LogP contribution in [0.3, 0.4) is 0 Å². The second kappa shape index (κ2) is 3.75. The van der Waals surface area contributed by atoms with Crippen LogP contribution in [-0.4, -0.2) is 29.1 Å². The number of nitrogens with zero attached hydrogens (tertiary/aromatic N) is 1. The minimum Gasteiger partial charge on any atom is -0.325 e. The van der Waals surface area contributed by atoms with Gasteiger partial charge in [-0.15, -0.1) is 0 Å². The molecule has 3 nitrogen and oxygen atoms in total. The van der Waals surface area contributed by atoms with Crippen LogP contribution in [0.4, 0.5) is 0 Å². The van der Waals surface area contributed by atoms with Gasteiger partial charge in [0, 0.05) is 6.54 Å². The van der Waals surface area contributed by atoms with Gasteiger partial charge in [-0.1, -0.05) is 41.0 Å². The van der Waals surface area contributed by atoms with Crippen molar-refractivity contribution in [2.75, 3.05) is 6.54 Å². The number of nitrogens with one attached hydrogen (secondary N) is 1. The number of rotatable bonds is 4. The monoisotopic (exact) mass is 264 g/mol. The van der Waals surface area contributed by atoms with Crippen LogP contribution in [0.15, 0.2) is 0 Å². The SMILES string of the molecule is CCCC1NC2(CC2)C(=O)N1CC1C(C)(C)C1(C)C. The zero-order valence-electron chi connectivity index (χ0n) is 13.0. The first-order chi connectivity index (χ1) is 8.76. The van der Waals surface area contributed by atoms with E-state index in [-0.39, 0.29) is 11.7 Å². The molecule has 1 saturated heterocycles. The van der Waals surface area contributed by atoms with Crippen LogP contribution in [0.2, 0.25) is 0 Å². The van der Waals surface area contributed by atoms with Crippen molar-refractivity contribution in [1.82, 2.24) is 10.2 Å². The van der Waals surface area contributed by atoms with Gasteiger partial charge in [-0.25, -0.2) is 0 Å². The fraction of sp³-hybridized carbons (Fsp3) is 0.938. The summed E-state index contributed by atoms with van der Waals surface area (Å²) in [5.74, 6) is 1.02. The Hall–Kier alpha value is -0.570. The highest BCUT2D eigenvalue weighted by molar-refractivity contribution is 5.91. The lowest BCUT2D eigenvalue weighted by Crippen LogP contribution is -2.39. The average Bonchev–Trinajstić information content (AvgIpc) is 3.12. The van der Waals surface area contributed by atoms with Gasteiger partial charge in [-0.2, -0.15) is 0 Å². The molecule has 1 amide bonds.